The Bertz CT molecular complexity index is 429. The van der Waals surface area contributed by atoms with Crippen molar-refractivity contribution in [2.45, 2.75) is 52.0 Å². The van der Waals surface area contributed by atoms with Crippen LogP contribution in [0.4, 0.5) is 0 Å². The molecule has 0 saturated heterocycles. The maximum atomic E-state index is 10.0. The molecule has 0 aliphatic heterocycles. The lowest BCUT2D eigenvalue weighted by molar-refractivity contribution is 0.375. The fourth-order valence-electron chi connectivity index (χ4n) is 2.84. The Morgan fingerprint density at radius 3 is 2.68 bits per heavy atom. The highest BCUT2D eigenvalue weighted by Gasteiger charge is 2.41. The fraction of sp³-hybridized carbons (Fsp3) is 0.625. The molecule has 19 heavy (non-hydrogen) atoms. The van der Waals surface area contributed by atoms with Crippen LogP contribution in [0.25, 0.3) is 0 Å². The minimum Gasteiger partial charge on any atom is -0.508 e. The average molecular weight is 326 g/mol. The molecule has 0 spiro atoms. The quantitative estimate of drug-likeness (QED) is 0.756. The van der Waals surface area contributed by atoms with Crippen LogP contribution >= 0.6 is 15.9 Å². The second-order valence-corrected chi connectivity index (χ2v) is 6.71. The van der Waals surface area contributed by atoms with Crippen LogP contribution in [0.1, 0.15) is 57.6 Å². The van der Waals surface area contributed by atoms with E-state index in [4.69, 9.17) is 0 Å². The van der Waals surface area contributed by atoms with E-state index >= 15 is 0 Å². The normalized spacial score (nSPS) is 18.3. The minimum atomic E-state index is 0.242. The van der Waals surface area contributed by atoms with Crippen LogP contribution in [-0.4, -0.2) is 11.7 Å². The molecule has 1 aromatic carbocycles. The van der Waals surface area contributed by atoms with Crippen LogP contribution < -0.4 is 5.32 Å². The SMILES string of the molecule is CCCC1(CNC(CC)c2cc(Br)ccc2O)CC1. The molecule has 1 fully saturated rings. The van der Waals surface area contributed by atoms with Gasteiger partial charge in [0.05, 0.1) is 0 Å². The number of rotatable bonds is 7. The Balaban J connectivity index is 2.02. The maximum Gasteiger partial charge on any atom is 0.120 e. The highest BCUT2D eigenvalue weighted by Crippen LogP contribution is 2.49. The number of benzene rings is 1. The molecule has 0 radical (unpaired) electrons. The van der Waals surface area contributed by atoms with Crippen molar-refractivity contribution in [2.75, 3.05) is 6.54 Å². The van der Waals surface area contributed by atoms with Gasteiger partial charge in [-0.15, -0.1) is 0 Å². The lowest BCUT2D eigenvalue weighted by atomic mass is 9.98. The van der Waals surface area contributed by atoms with E-state index in [0.29, 0.717) is 11.2 Å². The van der Waals surface area contributed by atoms with Gasteiger partial charge in [-0.2, -0.15) is 0 Å². The van der Waals surface area contributed by atoms with Gasteiger partial charge in [0.25, 0.3) is 0 Å². The molecule has 2 N–H and O–H groups in total. The largest absolute Gasteiger partial charge is 0.508 e. The molecule has 0 aromatic heterocycles. The first kappa shape index (κ1) is 14.9. The van der Waals surface area contributed by atoms with Crippen molar-refractivity contribution < 1.29 is 5.11 Å². The molecule has 0 amide bonds. The van der Waals surface area contributed by atoms with E-state index in [1.807, 2.05) is 12.1 Å². The van der Waals surface area contributed by atoms with E-state index in [1.165, 1.54) is 25.7 Å². The molecular weight excluding hydrogens is 302 g/mol. The van der Waals surface area contributed by atoms with Gasteiger partial charge in [0.15, 0.2) is 0 Å². The van der Waals surface area contributed by atoms with E-state index in [-0.39, 0.29) is 6.04 Å². The molecule has 1 aliphatic carbocycles. The first-order chi connectivity index (χ1) is 9.10. The van der Waals surface area contributed by atoms with Crippen LogP contribution in [0.2, 0.25) is 0 Å². The Morgan fingerprint density at radius 1 is 1.37 bits per heavy atom. The van der Waals surface area contributed by atoms with Gasteiger partial charge in [-0.05, 0) is 49.3 Å². The van der Waals surface area contributed by atoms with E-state index in [1.54, 1.807) is 6.07 Å². The highest BCUT2D eigenvalue weighted by molar-refractivity contribution is 9.10. The molecule has 1 unspecified atom stereocenters. The Morgan fingerprint density at radius 2 is 2.11 bits per heavy atom. The smallest absolute Gasteiger partial charge is 0.120 e. The minimum absolute atomic E-state index is 0.242. The second-order valence-electron chi connectivity index (χ2n) is 5.79. The van der Waals surface area contributed by atoms with Gasteiger partial charge >= 0.3 is 0 Å². The summed E-state index contributed by atoms with van der Waals surface area (Å²) in [5, 5.41) is 13.7. The zero-order valence-corrected chi connectivity index (χ0v) is 13.5. The molecule has 1 aromatic rings. The Kier molecular flexibility index (Phi) is 4.91. The van der Waals surface area contributed by atoms with Crippen molar-refractivity contribution in [1.82, 2.24) is 5.32 Å². The van der Waals surface area contributed by atoms with Gasteiger partial charge in [-0.25, -0.2) is 0 Å². The third-order valence-corrected chi connectivity index (χ3v) is 4.73. The topological polar surface area (TPSA) is 32.3 Å². The summed E-state index contributed by atoms with van der Waals surface area (Å²) >= 11 is 3.48. The number of phenolic OH excluding ortho intramolecular Hbond substituents is 1. The van der Waals surface area contributed by atoms with Crippen LogP contribution in [0.3, 0.4) is 0 Å². The molecule has 3 heteroatoms. The highest BCUT2D eigenvalue weighted by atomic mass is 79.9. The third-order valence-electron chi connectivity index (χ3n) is 4.23. The molecular formula is C16H24BrNO. The van der Waals surface area contributed by atoms with Gasteiger partial charge in [0, 0.05) is 22.6 Å². The van der Waals surface area contributed by atoms with Crippen molar-refractivity contribution in [3.05, 3.63) is 28.2 Å². The van der Waals surface area contributed by atoms with E-state index in [0.717, 1.165) is 23.0 Å². The summed E-state index contributed by atoms with van der Waals surface area (Å²) in [6, 6.07) is 5.91. The van der Waals surface area contributed by atoms with Crippen LogP contribution in [-0.2, 0) is 0 Å². The maximum absolute atomic E-state index is 10.0. The summed E-state index contributed by atoms with van der Waals surface area (Å²) in [6.45, 7) is 5.50. The standard InChI is InChI=1S/C16H24BrNO/c1-3-7-16(8-9-16)11-18-14(4-2)13-10-12(17)5-6-15(13)19/h5-6,10,14,18-19H,3-4,7-9,11H2,1-2H3. The van der Waals surface area contributed by atoms with Gasteiger partial charge in [-0.3, -0.25) is 0 Å². The second kappa shape index (κ2) is 6.27. The number of aromatic hydroxyl groups is 1. The molecule has 106 valence electrons. The predicted octanol–water partition coefficient (Wildman–Crippen LogP) is 4.78. The van der Waals surface area contributed by atoms with Crippen molar-refractivity contribution in [1.29, 1.82) is 0 Å². The summed E-state index contributed by atoms with van der Waals surface area (Å²) in [7, 11) is 0. The van der Waals surface area contributed by atoms with E-state index in [2.05, 4.69) is 35.1 Å². The van der Waals surface area contributed by atoms with Gasteiger partial charge in [0.1, 0.15) is 5.75 Å². The zero-order valence-electron chi connectivity index (χ0n) is 11.9. The number of hydrogen-bond acceptors (Lipinski definition) is 2. The van der Waals surface area contributed by atoms with Gasteiger partial charge in [0.2, 0.25) is 0 Å². The van der Waals surface area contributed by atoms with Crippen molar-refractivity contribution in [2.24, 2.45) is 5.41 Å². The molecule has 2 nitrogen and oxygen atoms in total. The summed E-state index contributed by atoms with van der Waals surface area (Å²) in [5.41, 5.74) is 1.55. The van der Waals surface area contributed by atoms with E-state index in [9.17, 15) is 5.11 Å². The number of halogens is 1. The average Bonchev–Trinajstić information content (AvgIpc) is 3.15. The third kappa shape index (κ3) is 3.73. The Hall–Kier alpha value is -0.540. The van der Waals surface area contributed by atoms with E-state index < -0.39 is 0 Å². The molecule has 1 atom stereocenters. The molecule has 2 rings (SSSR count). The molecule has 1 aliphatic rings. The van der Waals surface area contributed by atoms with Crippen LogP contribution in [0.5, 0.6) is 5.75 Å². The number of hydrogen-bond donors (Lipinski definition) is 2. The first-order valence-corrected chi connectivity index (χ1v) is 8.11. The molecule has 0 bridgehead atoms. The zero-order chi connectivity index (χ0) is 13.9. The lowest BCUT2D eigenvalue weighted by Gasteiger charge is -2.23. The fourth-order valence-corrected chi connectivity index (χ4v) is 3.22. The van der Waals surface area contributed by atoms with Crippen LogP contribution in [0, 0.1) is 5.41 Å². The van der Waals surface area contributed by atoms with Crippen molar-refractivity contribution in [3.63, 3.8) is 0 Å². The van der Waals surface area contributed by atoms with Crippen molar-refractivity contribution >= 4 is 15.9 Å². The van der Waals surface area contributed by atoms with Crippen molar-refractivity contribution in [3.8, 4) is 5.75 Å². The predicted molar refractivity (Wildman–Crippen MR) is 83.4 cm³/mol. The summed E-state index contributed by atoms with van der Waals surface area (Å²) in [5.74, 6) is 0.392. The lowest BCUT2D eigenvalue weighted by Crippen LogP contribution is -2.28. The number of nitrogens with one attached hydrogen (secondary N) is 1. The van der Waals surface area contributed by atoms with Gasteiger partial charge < -0.3 is 10.4 Å². The van der Waals surface area contributed by atoms with Gasteiger partial charge in [-0.1, -0.05) is 36.2 Å². The van der Waals surface area contributed by atoms with Crippen LogP contribution in [0.15, 0.2) is 22.7 Å². The first-order valence-electron chi connectivity index (χ1n) is 7.32. The molecule has 0 heterocycles. The summed E-state index contributed by atoms with van der Waals surface area (Å²) in [6.07, 6.45) is 6.29. The Labute approximate surface area is 124 Å². The number of phenols is 1. The summed E-state index contributed by atoms with van der Waals surface area (Å²) in [4.78, 5) is 0. The monoisotopic (exact) mass is 325 g/mol. The summed E-state index contributed by atoms with van der Waals surface area (Å²) < 4.78 is 1.02. The molecule has 1 saturated carbocycles.